The highest BCUT2D eigenvalue weighted by atomic mass is 32.1. The molecule has 1 N–H and O–H groups in total. The molecule has 262 valence electrons. The van der Waals surface area contributed by atoms with Gasteiger partial charge in [-0.1, -0.05) is 11.3 Å². The molecular formula is C33H45FN6O7S. The number of hydrogen-bond donors (Lipinski definition) is 1. The number of aromatic nitrogens is 2. The molecule has 4 rings (SSSR count). The van der Waals surface area contributed by atoms with Gasteiger partial charge in [0.15, 0.2) is 0 Å². The number of benzene rings is 1. The van der Waals surface area contributed by atoms with Crippen LogP contribution in [0.25, 0.3) is 10.2 Å². The van der Waals surface area contributed by atoms with Gasteiger partial charge in [-0.05, 0) is 72.6 Å². The van der Waals surface area contributed by atoms with Crippen LogP contribution in [0.5, 0.6) is 5.75 Å². The molecule has 3 aromatic rings. The minimum Gasteiger partial charge on any atom is -0.491 e. The van der Waals surface area contributed by atoms with Crippen LogP contribution in [-0.2, 0) is 31.1 Å². The van der Waals surface area contributed by atoms with Gasteiger partial charge < -0.3 is 24.3 Å². The van der Waals surface area contributed by atoms with Crippen LogP contribution in [-0.4, -0.2) is 73.7 Å². The van der Waals surface area contributed by atoms with Gasteiger partial charge in [0.25, 0.3) is 5.56 Å². The van der Waals surface area contributed by atoms with Crippen LogP contribution in [0, 0.1) is 12.7 Å². The highest BCUT2D eigenvalue weighted by Crippen LogP contribution is 2.38. The van der Waals surface area contributed by atoms with Gasteiger partial charge in [0.2, 0.25) is 5.91 Å². The fraction of sp³-hybridized carbons (Fsp3) is 0.545. The van der Waals surface area contributed by atoms with Gasteiger partial charge in [0.05, 0.1) is 24.6 Å². The second-order valence-corrected chi connectivity index (χ2v) is 13.2. The van der Waals surface area contributed by atoms with Crippen LogP contribution in [0.3, 0.4) is 0 Å². The number of carbonyl (C=O) groups excluding carboxylic acids is 1. The van der Waals surface area contributed by atoms with Crippen LogP contribution < -0.4 is 26.4 Å². The Bertz CT molecular complexity index is 1760. The number of rotatable bonds is 15. The number of anilines is 1. The third-order valence-corrected chi connectivity index (χ3v) is 9.28. The van der Waals surface area contributed by atoms with Crippen molar-refractivity contribution in [2.75, 3.05) is 38.7 Å². The van der Waals surface area contributed by atoms with E-state index in [0.29, 0.717) is 59.4 Å². The second-order valence-electron chi connectivity index (χ2n) is 12.2. The van der Waals surface area contributed by atoms with Crippen molar-refractivity contribution in [2.45, 2.75) is 84.7 Å². The van der Waals surface area contributed by atoms with Crippen molar-refractivity contribution < 1.29 is 28.1 Å². The van der Waals surface area contributed by atoms with E-state index in [2.05, 4.69) is 22.2 Å². The maximum absolute atomic E-state index is 14.9. The molecule has 48 heavy (non-hydrogen) atoms. The summed E-state index contributed by atoms with van der Waals surface area (Å²) in [5.41, 5.74) is -2.09. The predicted molar refractivity (Wildman–Crippen MR) is 185 cm³/mol. The molecule has 0 radical (unpaired) electrons. The Morgan fingerprint density at radius 3 is 2.60 bits per heavy atom. The zero-order valence-electron chi connectivity index (χ0n) is 28.6. The van der Waals surface area contributed by atoms with Crippen molar-refractivity contribution in [3.05, 3.63) is 56.0 Å². The molecule has 0 spiro atoms. The monoisotopic (exact) mass is 688 g/mol. The number of thiophene rings is 1. The normalized spacial score (nSPS) is 14.9. The van der Waals surface area contributed by atoms with Crippen LogP contribution in [0.2, 0.25) is 0 Å². The first-order chi connectivity index (χ1) is 22.8. The molecule has 3 heterocycles. The first kappa shape index (κ1) is 36.9. The molecule has 1 fully saturated rings. The molecule has 0 bridgehead atoms. The maximum atomic E-state index is 14.9. The summed E-state index contributed by atoms with van der Waals surface area (Å²) >= 11 is 1.13. The van der Waals surface area contributed by atoms with Gasteiger partial charge in [-0.2, -0.15) is 10.2 Å². The lowest BCUT2D eigenvalue weighted by Crippen LogP contribution is -2.56. The van der Waals surface area contributed by atoms with Crippen LogP contribution in [0.1, 0.15) is 64.7 Å². The Kier molecular flexibility index (Phi) is 12.3. The number of methoxy groups -OCH3 is 1. The molecule has 0 saturated carbocycles. The number of carbonyl (C=O) groups is 1. The van der Waals surface area contributed by atoms with E-state index in [4.69, 9.17) is 18.9 Å². The zero-order chi connectivity index (χ0) is 35.2. The standard InChI is InChI=1S/C33H45FN6O7S/c1-9-36-40(35-7)29-21(4)27-28(41)39(33(5,6)31(42)37-20(2)3)32(43)38(30(27)48-29)19-26(47-23-12-14-45-15-13-23)24-18-22(34)10-11-25(24)46-17-16-44-8/h9-11,18,20,23,26H,7,12-17,19H2,1-6,8H3,(H,37,42)/b36-9-/t26-/m0/s1. The van der Waals surface area contributed by atoms with Crippen LogP contribution in [0.4, 0.5) is 9.39 Å². The van der Waals surface area contributed by atoms with Gasteiger partial charge >= 0.3 is 5.69 Å². The molecule has 13 nitrogen and oxygen atoms in total. The lowest BCUT2D eigenvalue weighted by molar-refractivity contribution is -0.129. The molecule has 1 atom stereocenters. The summed E-state index contributed by atoms with van der Waals surface area (Å²) in [6.07, 6.45) is 1.54. The summed E-state index contributed by atoms with van der Waals surface area (Å²) in [5.74, 6) is -0.658. The van der Waals surface area contributed by atoms with Crippen molar-refractivity contribution in [1.29, 1.82) is 0 Å². The quantitative estimate of drug-likeness (QED) is 0.142. The summed E-state index contributed by atoms with van der Waals surface area (Å²) in [6.45, 7) is 15.0. The van der Waals surface area contributed by atoms with E-state index in [0.717, 1.165) is 15.9 Å². The Hall–Kier alpha value is -3.92. The van der Waals surface area contributed by atoms with Gasteiger partial charge in [-0.3, -0.25) is 14.2 Å². The molecule has 2 aromatic heterocycles. The molecule has 15 heteroatoms. The van der Waals surface area contributed by atoms with E-state index in [-0.39, 0.29) is 30.7 Å². The summed E-state index contributed by atoms with van der Waals surface area (Å²) in [5, 5.41) is 13.0. The Morgan fingerprint density at radius 1 is 1.27 bits per heavy atom. The molecule has 1 saturated heterocycles. The maximum Gasteiger partial charge on any atom is 0.333 e. The van der Waals surface area contributed by atoms with Crippen molar-refractivity contribution in [3.8, 4) is 5.75 Å². The lowest BCUT2D eigenvalue weighted by Gasteiger charge is -2.31. The third-order valence-electron chi connectivity index (χ3n) is 8.00. The first-order valence-electron chi connectivity index (χ1n) is 15.9. The summed E-state index contributed by atoms with van der Waals surface area (Å²) in [6, 6.07) is 3.89. The third kappa shape index (κ3) is 7.86. The molecule has 1 aliphatic heterocycles. The first-order valence-corrected chi connectivity index (χ1v) is 16.7. The van der Waals surface area contributed by atoms with Gasteiger partial charge in [-0.25, -0.2) is 13.8 Å². The fourth-order valence-corrected chi connectivity index (χ4v) is 6.77. The summed E-state index contributed by atoms with van der Waals surface area (Å²) < 4.78 is 40.6. The van der Waals surface area contributed by atoms with Crippen molar-refractivity contribution >= 4 is 45.4 Å². The van der Waals surface area contributed by atoms with E-state index in [1.165, 1.54) is 47.9 Å². The second kappa shape index (κ2) is 16.0. The number of nitrogens with zero attached hydrogens (tertiary/aromatic N) is 5. The van der Waals surface area contributed by atoms with Crippen molar-refractivity contribution in [2.24, 2.45) is 10.2 Å². The lowest BCUT2D eigenvalue weighted by atomic mass is 10.0. The van der Waals surface area contributed by atoms with Gasteiger partial charge in [-0.15, -0.1) is 5.12 Å². The van der Waals surface area contributed by atoms with E-state index >= 15 is 0 Å². The highest BCUT2D eigenvalue weighted by molar-refractivity contribution is 7.22. The molecule has 1 amide bonds. The van der Waals surface area contributed by atoms with Crippen LogP contribution in [0.15, 0.2) is 38.0 Å². The fourth-order valence-electron chi connectivity index (χ4n) is 5.54. The minimum absolute atomic E-state index is 0.142. The van der Waals surface area contributed by atoms with Gasteiger partial charge in [0, 0.05) is 50.4 Å². The number of halogens is 1. The number of hydrazone groups is 2. The smallest absolute Gasteiger partial charge is 0.333 e. The van der Waals surface area contributed by atoms with Gasteiger partial charge in [0.1, 0.15) is 39.6 Å². The minimum atomic E-state index is -1.59. The summed E-state index contributed by atoms with van der Waals surface area (Å²) in [7, 11) is 1.55. The Balaban J connectivity index is 2.02. The molecule has 0 unspecified atom stereocenters. The average Bonchev–Trinajstić information content (AvgIpc) is 3.38. The molecule has 1 aliphatic rings. The number of hydrogen-bond acceptors (Lipinski definition) is 11. The Morgan fingerprint density at radius 2 is 1.98 bits per heavy atom. The molecule has 1 aromatic carbocycles. The van der Waals surface area contributed by atoms with Crippen molar-refractivity contribution in [1.82, 2.24) is 14.5 Å². The average molecular weight is 689 g/mol. The van der Waals surface area contributed by atoms with E-state index < -0.39 is 34.6 Å². The Labute approximate surface area is 282 Å². The number of nitrogens with one attached hydrogen (secondary N) is 1. The number of ether oxygens (including phenoxy) is 4. The number of aryl methyl sites for hydroxylation is 1. The molecule has 0 aliphatic carbocycles. The van der Waals surface area contributed by atoms with E-state index in [1.807, 2.05) is 0 Å². The van der Waals surface area contributed by atoms with E-state index in [9.17, 15) is 18.8 Å². The zero-order valence-corrected chi connectivity index (χ0v) is 29.4. The number of amides is 1. The predicted octanol–water partition coefficient (Wildman–Crippen LogP) is 4.32. The van der Waals surface area contributed by atoms with E-state index in [1.54, 1.807) is 34.8 Å². The van der Waals surface area contributed by atoms with Crippen LogP contribution >= 0.6 is 11.3 Å². The van der Waals surface area contributed by atoms with Crippen molar-refractivity contribution in [3.63, 3.8) is 0 Å². The largest absolute Gasteiger partial charge is 0.491 e. The SMILES string of the molecule is C=NN(/N=C\C)c1sc2c(c1C)c(=O)n(C(C)(C)C(=O)NC(C)C)c(=O)n2C[C@H](OC1CCOCC1)c1cc(F)ccc1OCCOC. The molecular weight excluding hydrogens is 643 g/mol. The topological polar surface area (TPSA) is 138 Å². The number of fused-ring (bicyclic) bond motifs is 1. The summed E-state index contributed by atoms with van der Waals surface area (Å²) in [4.78, 5) is 42.7. The highest BCUT2D eigenvalue weighted by Gasteiger charge is 2.37.